The van der Waals surface area contributed by atoms with Crippen LogP contribution in [0.2, 0.25) is 0 Å². The average molecular weight is 561 g/mol. The van der Waals surface area contributed by atoms with E-state index in [9.17, 15) is 4.79 Å². The highest BCUT2D eigenvalue weighted by Crippen LogP contribution is 2.72. The normalized spacial score (nSPS) is 34.8. The molecule has 39 heavy (non-hydrogen) atoms. The van der Waals surface area contributed by atoms with Gasteiger partial charge in [-0.25, -0.2) is 0 Å². The van der Waals surface area contributed by atoms with Crippen molar-refractivity contribution in [3.8, 4) is 0 Å². The Bertz CT molecular complexity index is 1150. The molecule has 0 aromatic heterocycles. The monoisotopic (exact) mass is 560 g/mol. The SMILES string of the molecule is CC(=O)O[C@H]1CC[C@@]2(C)C(=CC[C@@H]3[C@@H]2CC[C@@]2(C)[C@H]3CCC2(SCc2ccccc2)SCc2ccccc2)C1. The zero-order valence-electron chi connectivity index (χ0n) is 23.9. The van der Waals surface area contributed by atoms with Crippen molar-refractivity contribution in [2.75, 3.05) is 0 Å². The zero-order valence-corrected chi connectivity index (χ0v) is 25.5. The van der Waals surface area contributed by atoms with Gasteiger partial charge >= 0.3 is 5.97 Å². The fraction of sp³-hybridized carbons (Fsp3) is 0.571. The van der Waals surface area contributed by atoms with Crippen LogP contribution in [0, 0.1) is 28.6 Å². The Morgan fingerprint density at radius 3 is 2.08 bits per heavy atom. The maximum Gasteiger partial charge on any atom is 0.302 e. The molecular weight excluding hydrogens is 517 g/mol. The first kappa shape index (κ1) is 27.5. The van der Waals surface area contributed by atoms with Crippen molar-refractivity contribution in [3.63, 3.8) is 0 Å². The number of carbonyl (C=O) groups is 1. The summed E-state index contributed by atoms with van der Waals surface area (Å²) in [5.41, 5.74) is 5.10. The van der Waals surface area contributed by atoms with Gasteiger partial charge in [0.2, 0.25) is 0 Å². The summed E-state index contributed by atoms with van der Waals surface area (Å²) in [4.78, 5) is 11.6. The summed E-state index contributed by atoms with van der Waals surface area (Å²) in [7, 11) is 0. The van der Waals surface area contributed by atoms with Gasteiger partial charge in [-0.15, -0.1) is 23.5 Å². The standard InChI is InChI=1S/C35H44O2S2/c1-25(36)37-29-16-19-33(2)28(22-29)14-15-30-31(33)17-20-34(3)32(30)18-21-35(34,38-23-26-10-6-4-7-11-26)39-24-27-12-8-5-9-13-27/h4-14,29-32H,15-24H2,1-3H3/t29-,30+,31-,32-,33-,34-/m0/s1. The van der Waals surface area contributed by atoms with Crippen LogP contribution in [0.25, 0.3) is 0 Å². The average Bonchev–Trinajstić information content (AvgIpc) is 3.24. The number of rotatable bonds is 7. The number of thioether (sulfide) groups is 2. The van der Waals surface area contributed by atoms with E-state index in [1.165, 1.54) is 43.2 Å². The lowest BCUT2D eigenvalue weighted by Crippen LogP contribution is -2.53. The lowest BCUT2D eigenvalue weighted by molar-refractivity contribution is -0.148. The molecule has 0 radical (unpaired) electrons. The molecule has 3 saturated carbocycles. The number of hydrogen-bond donors (Lipinski definition) is 0. The number of carbonyl (C=O) groups excluding carboxylic acids is 1. The Hall–Kier alpha value is -1.65. The molecule has 0 heterocycles. The van der Waals surface area contributed by atoms with Crippen molar-refractivity contribution in [2.24, 2.45) is 28.6 Å². The van der Waals surface area contributed by atoms with E-state index in [0.29, 0.717) is 5.41 Å². The Balaban J connectivity index is 1.26. The highest BCUT2D eigenvalue weighted by molar-refractivity contribution is 8.17. The van der Waals surface area contributed by atoms with Crippen LogP contribution in [0.1, 0.15) is 83.3 Å². The first-order valence-electron chi connectivity index (χ1n) is 15.1. The van der Waals surface area contributed by atoms with Crippen LogP contribution >= 0.6 is 23.5 Å². The molecule has 3 fully saturated rings. The number of fused-ring (bicyclic) bond motifs is 5. The second-order valence-electron chi connectivity index (χ2n) is 13.0. The van der Waals surface area contributed by atoms with Crippen molar-refractivity contribution in [1.29, 1.82) is 0 Å². The Morgan fingerprint density at radius 2 is 1.46 bits per heavy atom. The molecule has 6 rings (SSSR count). The molecule has 2 aromatic carbocycles. The van der Waals surface area contributed by atoms with Gasteiger partial charge in [0.05, 0.1) is 4.08 Å². The Kier molecular flexibility index (Phi) is 7.74. The first-order valence-corrected chi connectivity index (χ1v) is 17.0. The van der Waals surface area contributed by atoms with E-state index in [1.807, 2.05) is 0 Å². The maximum absolute atomic E-state index is 11.6. The van der Waals surface area contributed by atoms with Gasteiger partial charge in [0.15, 0.2) is 0 Å². The van der Waals surface area contributed by atoms with Crippen molar-refractivity contribution < 1.29 is 9.53 Å². The zero-order chi connectivity index (χ0) is 27.1. The van der Waals surface area contributed by atoms with E-state index in [-0.39, 0.29) is 21.6 Å². The van der Waals surface area contributed by atoms with E-state index in [2.05, 4.69) is 104 Å². The third kappa shape index (κ3) is 5.03. The summed E-state index contributed by atoms with van der Waals surface area (Å²) < 4.78 is 5.92. The fourth-order valence-corrected chi connectivity index (χ4v) is 12.5. The minimum atomic E-state index is -0.130. The lowest BCUT2D eigenvalue weighted by atomic mass is 9.48. The second-order valence-corrected chi connectivity index (χ2v) is 15.8. The molecule has 6 atom stereocenters. The molecule has 4 aliphatic carbocycles. The van der Waals surface area contributed by atoms with E-state index >= 15 is 0 Å². The molecule has 0 spiro atoms. The predicted molar refractivity (Wildman–Crippen MR) is 165 cm³/mol. The molecule has 2 nitrogen and oxygen atoms in total. The van der Waals surface area contributed by atoms with Crippen molar-refractivity contribution in [3.05, 3.63) is 83.4 Å². The number of hydrogen-bond acceptors (Lipinski definition) is 4. The highest BCUT2D eigenvalue weighted by atomic mass is 32.2. The summed E-state index contributed by atoms with van der Waals surface area (Å²) in [6, 6.07) is 22.2. The van der Waals surface area contributed by atoms with Crippen molar-refractivity contribution >= 4 is 29.5 Å². The van der Waals surface area contributed by atoms with Crippen LogP contribution in [0.3, 0.4) is 0 Å². The fourth-order valence-electron chi connectivity index (χ4n) is 8.98. The molecule has 2 aromatic rings. The van der Waals surface area contributed by atoms with Gasteiger partial charge in [0, 0.05) is 24.9 Å². The smallest absolute Gasteiger partial charge is 0.302 e. The third-order valence-corrected chi connectivity index (χ3v) is 15.0. The maximum atomic E-state index is 11.6. The molecule has 0 unspecified atom stereocenters. The quantitative estimate of drug-likeness (QED) is 0.191. The van der Waals surface area contributed by atoms with Gasteiger partial charge in [-0.2, -0.15) is 0 Å². The molecule has 0 aliphatic heterocycles. The summed E-state index contributed by atoms with van der Waals surface area (Å²) in [5.74, 6) is 4.39. The highest BCUT2D eigenvalue weighted by Gasteiger charge is 2.64. The van der Waals surface area contributed by atoms with E-state index in [1.54, 1.807) is 12.5 Å². The molecule has 0 N–H and O–H groups in total. The van der Waals surface area contributed by atoms with E-state index < -0.39 is 0 Å². The molecule has 208 valence electrons. The molecule has 0 amide bonds. The van der Waals surface area contributed by atoms with Gasteiger partial charge in [-0.05, 0) is 84.7 Å². The lowest BCUT2D eigenvalue weighted by Gasteiger charge is -2.59. The van der Waals surface area contributed by atoms with E-state index in [4.69, 9.17) is 4.74 Å². The third-order valence-electron chi connectivity index (χ3n) is 11.1. The van der Waals surface area contributed by atoms with Gasteiger partial charge in [0.1, 0.15) is 6.10 Å². The molecule has 4 aliphatic rings. The summed E-state index contributed by atoms with van der Waals surface area (Å²) in [5, 5.41) is 0. The predicted octanol–water partition coefficient (Wildman–Crippen LogP) is 9.44. The molecular formula is C35H44O2S2. The van der Waals surface area contributed by atoms with Crippen LogP contribution in [-0.2, 0) is 21.0 Å². The number of benzene rings is 2. The Labute approximate surface area is 244 Å². The largest absolute Gasteiger partial charge is 0.462 e. The summed E-state index contributed by atoms with van der Waals surface area (Å²) in [6.07, 6.45) is 12.4. The molecule has 0 saturated heterocycles. The second kappa shape index (κ2) is 11.0. The van der Waals surface area contributed by atoms with Gasteiger partial charge < -0.3 is 4.74 Å². The van der Waals surface area contributed by atoms with Crippen molar-refractivity contribution in [2.45, 2.75) is 93.8 Å². The summed E-state index contributed by atoms with van der Waals surface area (Å²) >= 11 is 4.51. The van der Waals surface area contributed by atoms with Crippen LogP contribution in [0.5, 0.6) is 0 Å². The number of esters is 1. The van der Waals surface area contributed by atoms with Gasteiger partial charge in [-0.1, -0.05) is 86.2 Å². The summed E-state index contributed by atoms with van der Waals surface area (Å²) in [6.45, 7) is 6.79. The molecule has 4 heteroatoms. The Morgan fingerprint density at radius 1 is 0.846 bits per heavy atom. The minimum absolute atomic E-state index is 0.0788. The van der Waals surface area contributed by atoms with Gasteiger partial charge in [0.25, 0.3) is 0 Å². The topological polar surface area (TPSA) is 26.3 Å². The van der Waals surface area contributed by atoms with Crippen LogP contribution in [-0.4, -0.2) is 16.2 Å². The molecule has 0 bridgehead atoms. The number of ether oxygens (including phenoxy) is 1. The van der Waals surface area contributed by atoms with Crippen LogP contribution in [0.15, 0.2) is 72.3 Å². The minimum Gasteiger partial charge on any atom is -0.462 e. The van der Waals surface area contributed by atoms with Gasteiger partial charge in [-0.3, -0.25) is 4.79 Å². The number of allylic oxidation sites excluding steroid dienone is 1. The van der Waals surface area contributed by atoms with Crippen LogP contribution in [0.4, 0.5) is 0 Å². The van der Waals surface area contributed by atoms with Crippen molar-refractivity contribution in [1.82, 2.24) is 0 Å². The van der Waals surface area contributed by atoms with E-state index in [0.717, 1.165) is 48.5 Å². The van der Waals surface area contributed by atoms with Crippen LogP contribution < -0.4 is 0 Å². The first-order chi connectivity index (χ1) is 18.8.